The van der Waals surface area contributed by atoms with Gasteiger partial charge in [-0.25, -0.2) is 9.59 Å². The van der Waals surface area contributed by atoms with Crippen molar-refractivity contribution < 1.29 is 47.5 Å². The Morgan fingerprint density at radius 2 is 0.822 bits per heavy atom. The molecule has 2 rings (SSSR count). The zero-order valence-corrected chi connectivity index (χ0v) is 28.1. The van der Waals surface area contributed by atoms with Crippen LogP contribution >= 0.6 is 0 Å². The van der Waals surface area contributed by atoms with E-state index in [9.17, 15) is 9.59 Å². The lowest BCUT2D eigenvalue weighted by Crippen LogP contribution is -2.29. The number of ether oxygens (including phenoxy) is 8. The van der Waals surface area contributed by atoms with Crippen molar-refractivity contribution in [1.29, 1.82) is 0 Å². The summed E-state index contributed by atoms with van der Waals surface area (Å²) in [6.45, 7) is 24.6. The van der Waals surface area contributed by atoms with Gasteiger partial charge in [-0.3, -0.25) is 0 Å². The zero-order chi connectivity index (χ0) is 33.9. The zero-order valence-electron chi connectivity index (χ0n) is 28.1. The molecule has 0 amide bonds. The molecule has 10 nitrogen and oxygen atoms in total. The highest BCUT2D eigenvalue weighted by molar-refractivity contribution is 5.87. The topological polar surface area (TPSA) is 108 Å². The Morgan fingerprint density at radius 3 is 1.11 bits per heavy atom. The first-order valence-electron chi connectivity index (χ1n) is 14.9. The van der Waals surface area contributed by atoms with Gasteiger partial charge in [0.2, 0.25) is 12.6 Å². The summed E-state index contributed by atoms with van der Waals surface area (Å²) < 4.78 is 44.6. The van der Waals surface area contributed by atoms with E-state index in [1.165, 1.54) is 0 Å². The van der Waals surface area contributed by atoms with Crippen LogP contribution in [0.3, 0.4) is 0 Å². The number of carbonyl (C=O) groups is 2. The van der Waals surface area contributed by atoms with Gasteiger partial charge < -0.3 is 37.9 Å². The summed E-state index contributed by atoms with van der Waals surface area (Å²) in [7, 11) is 0. The standard InChI is InChI=1S/C35H48O10/c1-21(2)33(36)44-27(9)40-23(5)38-25(7)42-31-17-13-29(14-18-31)35(11,12)30-15-19-32(20-16-30)43-26(8)39-24(6)41-28(10)45-34(37)22(3)4/h13-20,23-28H,1,3H2,2,4-12H3. The van der Waals surface area contributed by atoms with Crippen molar-refractivity contribution in [3.05, 3.63) is 84.0 Å². The summed E-state index contributed by atoms with van der Waals surface area (Å²) in [5, 5.41) is 0. The molecule has 0 spiro atoms. The van der Waals surface area contributed by atoms with Crippen molar-refractivity contribution in [3.8, 4) is 11.5 Å². The van der Waals surface area contributed by atoms with Crippen LogP contribution in [0.4, 0.5) is 0 Å². The molecule has 0 radical (unpaired) electrons. The van der Waals surface area contributed by atoms with Crippen LogP contribution in [0, 0.1) is 0 Å². The number of esters is 2. The monoisotopic (exact) mass is 628 g/mol. The lowest BCUT2D eigenvalue weighted by molar-refractivity contribution is -0.260. The minimum absolute atomic E-state index is 0.291. The van der Waals surface area contributed by atoms with E-state index in [1.54, 1.807) is 55.4 Å². The number of carbonyl (C=O) groups excluding carboxylic acids is 2. The molecule has 0 aliphatic rings. The van der Waals surface area contributed by atoms with Crippen molar-refractivity contribution in [3.63, 3.8) is 0 Å². The molecule has 0 aliphatic heterocycles. The van der Waals surface area contributed by atoms with E-state index < -0.39 is 49.7 Å². The van der Waals surface area contributed by atoms with Gasteiger partial charge in [0.05, 0.1) is 0 Å². The minimum Gasteiger partial charge on any atom is -0.465 e. The van der Waals surface area contributed by atoms with Crippen molar-refractivity contribution in [1.82, 2.24) is 0 Å². The number of rotatable bonds is 18. The van der Waals surface area contributed by atoms with Crippen molar-refractivity contribution in [2.45, 2.75) is 112 Å². The summed E-state index contributed by atoms with van der Waals surface area (Å²) in [4.78, 5) is 23.3. The molecule has 0 heterocycles. The van der Waals surface area contributed by atoms with Crippen molar-refractivity contribution in [2.24, 2.45) is 0 Å². The smallest absolute Gasteiger partial charge is 0.335 e. The van der Waals surface area contributed by atoms with Gasteiger partial charge in [-0.2, -0.15) is 0 Å². The molecule has 10 heteroatoms. The molecule has 0 aliphatic carbocycles. The molecule has 6 unspecified atom stereocenters. The molecular weight excluding hydrogens is 580 g/mol. The Labute approximate surface area is 267 Å². The molecule has 0 bridgehead atoms. The highest BCUT2D eigenvalue weighted by Gasteiger charge is 2.24. The maximum atomic E-state index is 11.6. The average Bonchev–Trinajstić information content (AvgIpc) is 2.92. The van der Waals surface area contributed by atoms with Gasteiger partial charge in [-0.05, 0) is 90.8 Å². The fourth-order valence-electron chi connectivity index (χ4n) is 4.21. The second kappa shape index (κ2) is 17.1. The van der Waals surface area contributed by atoms with Gasteiger partial charge in [0.1, 0.15) is 11.5 Å². The van der Waals surface area contributed by atoms with Gasteiger partial charge >= 0.3 is 11.9 Å². The number of benzene rings is 2. The highest BCUT2D eigenvalue weighted by Crippen LogP contribution is 2.33. The highest BCUT2D eigenvalue weighted by atomic mass is 16.8. The van der Waals surface area contributed by atoms with E-state index >= 15 is 0 Å². The van der Waals surface area contributed by atoms with E-state index in [1.807, 2.05) is 48.5 Å². The predicted octanol–water partition coefficient (Wildman–Crippen LogP) is 7.15. The molecule has 6 atom stereocenters. The molecule has 0 fully saturated rings. The van der Waals surface area contributed by atoms with Crippen LogP contribution in [-0.4, -0.2) is 49.7 Å². The third kappa shape index (κ3) is 12.7. The van der Waals surface area contributed by atoms with Crippen molar-refractivity contribution >= 4 is 11.9 Å². The Hall–Kier alpha value is -3.70. The summed E-state index contributed by atoms with van der Waals surface area (Å²) in [5.41, 5.74) is 2.45. The predicted molar refractivity (Wildman–Crippen MR) is 169 cm³/mol. The van der Waals surface area contributed by atoms with Crippen LogP contribution in [0.2, 0.25) is 0 Å². The Kier molecular flexibility index (Phi) is 14.3. The van der Waals surface area contributed by atoms with Crippen molar-refractivity contribution in [2.75, 3.05) is 0 Å². The molecular formula is C35H48O10. The summed E-state index contributed by atoms with van der Waals surface area (Å²) in [6, 6.07) is 15.6. The second-order valence-corrected chi connectivity index (χ2v) is 11.2. The van der Waals surface area contributed by atoms with Crippen LogP contribution in [0.25, 0.3) is 0 Å². The van der Waals surface area contributed by atoms with E-state index in [0.29, 0.717) is 22.6 Å². The molecule has 2 aromatic rings. The van der Waals surface area contributed by atoms with Crippen LogP contribution in [-0.2, 0) is 43.4 Å². The average molecular weight is 629 g/mol. The Balaban J connectivity index is 1.89. The molecule has 0 aromatic heterocycles. The van der Waals surface area contributed by atoms with Gasteiger partial charge in [0, 0.05) is 16.6 Å². The number of hydrogen-bond donors (Lipinski definition) is 0. The van der Waals surface area contributed by atoms with Gasteiger partial charge in [-0.15, -0.1) is 0 Å². The first-order valence-corrected chi connectivity index (χ1v) is 14.9. The third-order valence-electron chi connectivity index (χ3n) is 6.53. The minimum atomic E-state index is -0.797. The van der Waals surface area contributed by atoms with Crippen LogP contribution < -0.4 is 9.47 Å². The largest absolute Gasteiger partial charge is 0.465 e. The van der Waals surface area contributed by atoms with Crippen LogP contribution in [0.5, 0.6) is 11.5 Å². The van der Waals surface area contributed by atoms with E-state index in [4.69, 9.17) is 37.9 Å². The maximum Gasteiger partial charge on any atom is 0.335 e. The van der Waals surface area contributed by atoms with E-state index in [2.05, 4.69) is 27.0 Å². The van der Waals surface area contributed by atoms with Crippen LogP contribution in [0.1, 0.15) is 80.4 Å². The molecule has 248 valence electrons. The molecule has 0 saturated heterocycles. The van der Waals surface area contributed by atoms with E-state index in [0.717, 1.165) is 11.1 Å². The molecule has 0 N–H and O–H groups in total. The lowest BCUT2D eigenvalue weighted by Gasteiger charge is -2.27. The fraction of sp³-hybridized carbons (Fsp3) is 0.486. The van der Waals surface area contributed by atoms with Gasteiger partial charge in [0.15, 0.2) is 25.2 Å². The summed E-state index contributed by atoms with van der Waals surface area (Å²) in [6.07, 6.45) is -4.17. The normalized spacial score (nSPS) is 15.5. The number of hydrogen-bond acceptors (Lipinski definition) is 10. The van der Waals surface area contributed by atoms with Crippen LogP contribution in [0.15, 0.2) is 72.8 Å². The molecule has 45 heavy (non-hydrogen) atoms. The first-order chi connectivity index (χ1) is 21.0. The third-order valence-corrected chi connectivity index (χ3v) is 6.53. The second-order valence-electron chi connectivity index (χ2n) is 11.2. The lowest BCUT2D eigenvalue weighted by atomic mass is 9.78. The maximum absolute atomic E-state index is 11.6. The first kappa shape index (κ1) is 37.5. The van der Waals surface area contributed by atoms with Gasteiger partial charge in [-0.1, -0.05) is 51.3 Å². The molecule has 2 aromatic carbocycles. The van der Waals surface area contributed by atoms with E-state index in [-0.39, 0.29) is 5.41 Å². The molecule has 0 saturated carbocycles. The quantitative estimate of drug-likeness (QED) is 0.0959. The Bertz CT molecular complexity index is 1170. The summed E-state index contributed by atoms with van der Waals surface area (Å²) >= 11 is 0. The fourth-order valence-corrected chi connectivity index (χ4v) is 4.21. The van der Waals surface area contributed by atoms with Gasteiger partial charge in [0.25, 0.3) is 0 Å². The SMILES string of the molecule is C=C(C)C(=O)OC(C)OC(C)OC(C)Oc1ccc(C(C)(C)c2ccc(OC(C)OC(C)OC(C)OC(=O)C(=C)C)cc2)cc1. The Morgan fingerprint density at radius 1 is 0.533 bits per heavy atom. The summed E-state index contributed by atoms with van der Waals surface area (Å²) in [5.74, 6) is 0.212.